The summed E-state index contributed by atoms with van der Waals surface area (Å²) in [6, 6.07) is 8.58. The molecular formula is C19H25N5OS. The van der Waals surface area contributed by atoms with Gasteiger partial charge in [-0.3, -0.25) is 0 Å². The van der Waals surface area contributed by atoms with E-state index < -0.39 is 0 Å². The zero-order valence-electron chi connectivity index (χ0n) is 16.0. The van der Waals surface area contributed by atoms with Gasteiger partial charge in [0.2, 0.25) is 5.89 Å². The van der Waals surface area contributed by atoms with Gasteiger partial charge in [-0.05, 0) is 17.9 Å². The third-order valence-electron chi connectivity index (χ3n) is 4.19. The third-order valence-corrected chi connectivity index (χ3v) is 5.14. The highest BCUT2D eigenvalue weighted by molar-refractivity contribution is 7.98. The summed E-state index contributed by atoms with van der Waals surface area (Å²) in [5.41, 5.74) is 2.52. The Kier molecular flexibility index (Phi) is 5.46. The minimum absolute atomic E-state index is 0.138. The van der Waals surface area contributed by atoms with E-state index in [9.17, 15) is 0 Å². The van der Waals surface area contributed by atoms with Gasteiger partial charge in [-0.1, -0.05) is 68.9 Å². The number of hydrogen-bond donors (Lipinski definition) is 0. The first-order valence-corrected chi connectivity index (χ1v) is 9.89. The lowest BCUT2D eigenvalue weighted by Crippen LogP contribution is -2.10. The zero-order valence-corrected chi connectivity index (χ0v) is 16.8. The smallest absolute Gasteiger partial charge is 0.237 e. The van der Waals surface area contributed by atoms with Gasteiger partial charge in [-0.15, -0.1) is 10.2 Å². The van der Waals surface area contributed by atoms with Crippen molar-refractivity contribution in [3.8, 4) is 11.4 Å². The minimum Gasteiger partial charge on any atom is -0.338 e. The molecule has 138 valence electrons. The molecule has 0 bridgehead atoms. The maximum Gasteiger partial charge on any atom is 0.237 e. The maximum atomic E-state index is 5.25. The number of thioether (sulfide) groups is 1. The zero-order chi connectivity index (χ0) is 18.7. The first-order chi connectivity index (χ1) is 12.4. The van der Waals surface area contributed by atoms with Crippen LogP contribution in [0, 0.1) is 0 Å². The monoisotopic (exact) mass is 371 g/mol. The molecule has 0 unspecified atom stereocenters. The Morgan fingerprint density at radius 3 is 2.38 bits per heavy atom. The average molecular weight is 372 g/mol. The summed E-state index contributed by atoms with van der Waals surface area (Å²) in [5, 5.41) is 13.6. The lowest BCUT2D eigenvalue weighted by atomic mass is 9.87. The minimum atomic E-state index is 0.138. The summed E-state index contributed by atoms with van der Waals surface area (Å²) in [6.07, 6.45) is 0.772. The van der Waals surface area contributed by atoms with Gasteiger partial charge in [-0.2, -0.15) is 4.98 Å². The number of hydrogen-bond acceptors (Lipinski definition) is 6. The van der Waals surface area contributed by atoms with Gasteiger partial charge in [0.25, 0.3) is 0 Å². The van der Waals surface area contributed by atoms with Crippen molar-refractivity contribution in [1.82, 2.24) is 24.9 Å². The predicted octanol–water partition coefficient (Wildman–Crippen LogP) is 4.50. The molecule has 0 aliphatic heterocycles. The quantitative estimate of drug-likeness (QED) is 0.594. The number of aromatic nitrogens is 5. The van der Waals surface area contributed by atoms with Gasteiger partial charge in [-0.25, -0.2) is 0 Å². The molecule has 0 spiro atoms. The molecule has 0 amide bonds. The number of rotatable bonds is 6. The van der Waals surface area contributed by atoms with E-state index in [1.807, 2.05) is 6.92 Å². The van der Waals surface area contributed by atoms with Crippen LogP contribution in [0.2, 0.25) is 0 Å². The fourth-order valence-electron chi connectivity index (χ4n) is 2.63. The molecular weight excluding hydrogens is 346 g/mol. The molecule has 0 saturated heterocycles. The lowest BCUT2D eigenvalue weighted by molar-refractivity contribution is 0.385. The maximum absolute atomic E-state index is 5.25. The molecule has 0 aliphatic carbocycles. The summed E-state index contributed by atoms with van der Waals surface area (Å²) < 4.78 is 7.37. The van der Waals surface area contributed by atoms with Crippen molar-refractivity contribution in [2.24, 2.45) is 0 Å². The Hall–Kier alpha value is -2.15. The van der Waals surface area contributed by atoms with Crippen molar-refractivity contribution in [3.05, 3.63) is 41.5 Å². The topological polar surface area (TPSA) is 69.6 Å². The van der Waals surface area contributed by atoms with Crippen LogP contribution in [0.5, 0.6) is 0 Å². The Balaban J connectivity index is 1.79. The van der Waals surface area contributed by atoms with Crippen molar-refractivity contribution in [2.45, 2.75) is 63.9 Å². The molecule has 0 aliphatic rings. The van der Waals surface area contributed by atoms with Crippen LogP contribution in [0.4, 0.5) is 0 Å². The van der Waals surface area contributed by atoms with Gasteiger partial charge in [0.1, 0.15) is 0 Å². The Morgan fingerprint density at radius 2 is 1.81 bits per heavy atom. The van der Waals surface area contributed by atoms with Gasteiger partial charge in [0, 0.05) is 18.5 Å². The van der Waals surface area contributed by atoms with Crippen LogP contribution in [0.1, 0.15) is 51.9 Å². The van der Waals surface area contributed by atoms with Crippen LogP contribution in [0.3, 0.4) is 0 Å². The second-order valence-corrected chi connectivity index (χ2v) is 8.07. The summed E-state index contributed by atoms with van der Waals surface area (Å²) in [5.74, 6) is 2.83. The number of aryl methyl sites for hydroxylation is 1. The van der Waals surface area contributed by atoms with Crippen molar-refractivity contribution in [1.29, 1.82) is 0 Å². The van der Waals surface area contributed by atoms with Gasteiger partial charge in [0.05, 0.1) is 5.75 Å². The van der Waals surface area contributed by atoms with E-state index in [1.54, 1.807) is 11.8 Å². The molecule has 3 aromatic rings. The summed E-state index contributed by atoms with van der Waals surface area (Å²) >= 11 is 1.56. The van der Waals surface area contributed by atoms with Gasteiger partial charge >= 0.3 is 0 Å². The van der Waals surface area contributed by atoms with E-state index in [0.717, 1.165) is 35.3 Å². The van der Waals surface area contributed by atoms with E-state index in [1.165, 1.54) is 5.56 Å². The highest BCUT2D eigenvalue weighted by Gasteiger charge is 2.17. The SMILES string of the molecule is CCc1noc(CSc2nnc(-c3ccc(C(C)(C)C)cc3)n2CC)n1. The summed E-state index contributed by atoms with van der Waals surface area (Å²) in [7, 11) is 0. The number of nitrogens with zero attached hydrogens (tertiary/aromatic N) is 5. The van der Waals surface area contributed by atoms with Crippen LogP contribution in [0.15, 0.2) is 33.9 Å². The molecule has 0 atom stereocenters. The van der Waals surface area contributed by atoms with Crippen LogP contribution >= 0.6 is 11.8 Å². The highest BCUT2D eigenvalue weighted by Crippen LogP contribution is 2.28. The summed E-state index contributed by atoms with van der Waals surface area (Å²) in [4.78, 5) is 4.34. The third kappa shape index (κ3) is 3.98. The molecule has 2 heterocycles. The normalized spacial score (nSPS) is 11.9. The molecule has 0 fully saturated rings. The van der Waals surface area contributed by atoms with Crippen LogP contribution in [-0.2, 0) is 24.1 Å². The van der Waals surface area contributed by atoms with Crippen molar-refractivity contribution in [3.63, 3.8) is 0 Å². The fourth-order valence-corrected chi connectivity index (χ4v) is 3.47. The average Bonchev–Trinajstić information content (AvgIpc) is 3.25. The molecule has 2 aromatic heterocycles. The first kappa shape index (κ1) is 18.6. The molecule has 1 aromatic carbocycles. The number of benzene rings is 1. The molecule has 0 radical (unpaired) electrons. The van der Waals surface area contributed by atoms with Crippen molar-refractivity contribution in [2.75, 3.05) is 0 Å². The van der Waals surface area contributed by atoms with Gasteiger partial charge in [0.15, 0.2) is 16.8 Å². The Morgan fingerprint density at radius 1 is 1.08 bits per heavy atom. The molecule has 0 N–H and O–H groups in total. The molecule has 7 heteroatoms. The second-order valence-electron chi connectivity index (χ2n) is 7.12. The summed E-state index contributed by atoms with van der Waals surface area (Å²) in [6.45, 7) is 11.6. The van der Waals surface area contributed by atoms with E-state index >= 15 is 0 Å². The molecule has 26 heavy (non-hydrogen) atoms. The van der Waals surface area contributed by atoms with E-state index in [2.05, 4.69) is 76.9 Å². The molecule has 0 saturated carbocycles. The van der Waals surface area contributed by atoms with E-state index in [-0.39, 0.29) is 5.41 Å². The van der Waals surface area contributed by atoms with Crippen LogP contribution < -0.4 is 0 Å². The Bertz CT molecular complexity index is 861. The van der Waals surface area contributed by atoms with Crippen LogP contribution in [0.25, 0.3) is 11.4 Å². The Labute approximate surface area is 158 Å². The molecule has 3 rings (SSSR count). The largest absolute Gasteiger partial charge is 0.338 e. The second kappa shape index (κ2) is 7.61. The van der Waals surface area contributed by atoms with Crippen molar-refractivity contribution < 1.29 is 4.52 Å². The van der Waals surface area contributed by atoms with E-state index in [4.69, 9.17) is 4.52 Å². The van der Waals surface area contributed by atoms with E-state index in [0.29, 0.717) is 11.6 Å². The standard InChI is InChI=1S/C19H25N5OS/c1-6-15-20-16(25-23-15)12-26-18-22-21-17(24(18)7-2)13-8-10-14(11-9-13)19(3,4)5/h8-11H,6-7,12H2,1-5H3. The predicted molar refractivity (Wildman–Crippen MR) is 103 cm³/mol. The lowest BCUT2D eigenvalue weighted by Gasteiger charge is -2.19. The highest BCUT2D eigenvalue weighted by atomic mass is 32.2. The first-order valence-electron chi connectivity index (χ1n) is 8.90. The van der Waals surface area contributed by atoms with Crippen molar-refractivity contribution >= 4 is 11.8 Å². The van der Waals surface area contributed by atoms with Gasteiger partial charge < -0.3 is 9.09 Å². The fraction of sp³-hybridized carbons (Fsp3) is 0.474. The molecule has 6 nitrogen and oxygen atoms in total. The van der Waals surface area contributed by atoms with Crippen LogP contribution in [-0.4, -0.2) is 24.9 Å².